The second kappa shape index (κ2) is 5.22. The number of carboxylic acids is 1. The van der Waals surface area contributed by atoms with E-state index in [4.69, 9.17) is 10.8 Å². The number of nitro groups is 1. The van der Waals surface area contributed by atoms with Crippen LogP contribution in [0.1, 0.15) is 12.0 Å². The average molecular weight is 224 g/mol. The molecule has 1 aromatic rings. The summed E-state index contributed by atoms with van der Waals surface area (Å²) in [7, 11) is 0. The van der Waals surface area contributed by atoms with Crippen LogP contribution in [-0.2, 0) is 11.2 Å². The van der Waals surface area contributed by atoms with Gasteiger partial charge in [-0.05, 0) is 6.42 Å². The summed E-state index contributed by atoms with van der Waals surface area (Å²) in [6.45, 7) is 0. The predicted octanol–water partition coefficient (Wildman–Crippen LogP) is 0.939. The highest BCUT2D eigenvalue weighted by atomic mass is 16.6. The molecule has 0 heterocycles. The number of aliphatic carboxylic acids is 1. The van der Waals surface area contributed by atoms with Gasteiger partial charge in [-0.2, -0.15) is 0 Å². The molecular formula is C10H12N2O4. The first-order valence-electron chi connectivity index (χ1n) is 4.70. The summed E-state index contributed by atoms with van der Waals surface area (Å²) in [5, 5.41) is 19.2. The van der Waals surface area contributed by atoms with Crippen LogP contribution < -0.4 is 5.73 Å². The lowest BCUT2D eigenvalue weighted by Crippen LogP contribution is -2.26. The SMILES string of the molecule is NC(CC(=O)O)Cc1ccccc1[N+](=O)[O-]. The van der Waals surface area contributed by atoms with Crippen LogP contribution in [0.15, 0.2) is 24.3 Å². The van der Waals surface area contributed by atoms with Crippen LogP contribution >= 0.6 is 0 Å². The van der Waals surface area contributed by atoms with E-state index in [1.807, 2.05) is 0 Å². The smallest absolute Gasteiger partial charge is 0.304 e. The van der Waals surface area contributed by atoms with E-state index in [1.54, 1.807) is 18.2 Å². The molecule has 1 rings (SSSR count). The highest BCUT2D eigenvalue weighted by Crippen LogP contribution is 2.19. The molecule has 3 N–H and O–H groups in total. The number of hydrogen-bond acceptors (Lipinski definition) is 4. The number of hydrogen-bond donors (Lipinski definition) is 2. The van der Waals surface area contributed by atoms with Gasteiger partial charge < -0.3 is 10.8 Å². The van der Waals surface area contributed by atoms with Crippen molar-refractivity contribution in [3.8, 4) is 0 Å². The van der Waals surface area contributed by atoms with E-state index in [0.717, 1.165) is 0 Å². The zero-order valence-corrected chi connectivity index (χ0v) is 8.50. The van der Waals surface area contributed by atoms with Gasteiger partial charge in [0.15, 0.2) is 0 Å². The quantitative estimate of drug-likeness (QED) is 0.571. The van der Waals surface area contributed by atoms with Gasteiger partial charge in [0.2, 0.25) is 0 Å². The maximum atomic E-state index is 10.7. The third-order valence-electron chi connectivity index (χ3n) is 2.11. The van der Waals surface area contributed by atoms with E-state index in [2.05, 4.69) is 0 Å². The lowest BCUT2D eigenvalue weighted by atomic mass is 10.0. The molecule has 0 aliphatic heterocycles. The van der Waals surface area contributed by atoms with Crippen molar-refractivity contribution in [1.82, 2.24) is 0 Å². The molecule has 0 fully saturated rings. The predicted molar refractivity (Wildman–Crippen MR) is 57.0 cm³/mol. The van der Waals surface area contributed by atoms with Gasteiger partial charge in [0.25, 0.3) is 5.69 Å². The Morgan fingerprint density at radius 1 is 1.50 bits per heavy atom. The fraction of sp³-hybridized carbons (Fsp3) is 0.300. The Hall–Kier alpha value is -1.95. The van der Waals surface area contributed by atoms with Crippen LogP contribution in [0.25, 0.3) is 0 Å². The fourth-order valence-electron chi connectivity index (χ4n) is 1.44. The molecule has 86 valence electrons. The van der Waals surface area contributed by atoms with Crippen molar-refractivity contribution in [3.63, 3.8) is 0 Å². The number of benzene rings is 1. The van der Waals surface area contributed by atoms with Crippen LogP contribution in [0.4, 0.5) is 5.69 Å². The summed E-state index contributed by atoms with van der Waals surface area (Å²) in [5.74, 6) is -1.01. The Balaban J connectivity index is 2.80. The lowest BCUT2D eigenvalue weighted by Gasteiger charge is -2.08. The van der Waals surface area contributed by atoms with Crippen LogP contribution in [-0.4, -0.2) is 22.0 Å². The van der Waals surface area contributed by atoms with E-state index < -0.39 is 16.9 Å². The number of carbonyl (C=O) groups is 1. The van der Waals surface area contributed by atoms with Gasteiger partial charge in [0, 0.05) is 17.7 Å². The maximum Gasteiger partial charge on any atom is 0.304 e. The highest BCUT2D eigenvalue weighted by Gasteiger charge is 2.16. The third-order valence-corrected chi connectivity index (χ3v) is 2.11. The number of para-hydroxylation sites is 1. The van der Waals surface area contributed by atoms with Crippen molar-refractivity contribution in [3.05, 3.63) is 39.9 Å². The average Bonchev–Trinajstić information content (AvgIpc) is 2.16. The van der Waals surface area contributed by atoms with Crippen LogP contribution in [0.3, 0.4) is 0 Å². The molecule has 0 aromatic heterocycles. The van der Waals surface area contributed by atoms with Gasteiger partial charge in [-0.15, -0.1) is 0 Å². The van der Waals surface area contributed by atoms with Gasteiger partial charge in [0.05, 0.1) is 11.3 Å². The van der Waals surface area contributed by atoms with E-state index in [1.165, 1.54) is 6.07 Å². The fourth-order valence-corrected chi connectivity index (χ4v) is 1.44. The molecule has 1 unspecified atom stereocenters. The summed E-state index contributed by atoms with van der Waals surface area (Å²) < 4.78 is 0. The van der Waals surface area contributed by atoms with Gasteiger partial charge in [0.1, 0.15) is 0 Å². The largest absolute Gasteiger partial charge is 0.481 e. The summed E-state index contributed by atoms with van der Waals surface area (Å²) in [4.78, 5) is 20.6. The lowest BCUT2D eigenvalue weighted by molar-refractivity contribution is -0.385. The van der Waals surface area contributed by atoms with E-state index in [0.29, 0.717) is 5.56 Å². The van der Waals surface area contributed by atoms with Crippen molar-refractivity contribution in [2.75, 3.05) is 0 Å². The molecule has 1 atom stereocenters. The molecule has 0 amide bonds. The van der Waals surface area contributed by atoms with Crippen LogP contribution in [0.5, 0.6) is 0 Å². The molecule has 0 aliphatic rings. The van der Waals surface area contributed by atoms with Crippen molar-refractivity contribution in [1.29, 1.82) is 0 Å². The van der Waals surface area contributed by atoms with Gasteiger partial charge in [-0.3, -0.25) is 14.9 Å². The molecule has 0 radical (unpaired) electrons. The Labute approximate surface area is 91.8 Å². The Bertz CT molecular complexity index is 406. The highest BCUT2D eigenvalue weighted by molar-refractivity contribution is 5.67. The third kappa shape index (κ3) is 3.32. The van der Waals surface area contributed by atoms with Crippen molar-refractivity contribution in [2.24, 2.45) is 5.73 Å². The monoisotopic (exact) mass is 224 g/mol. The van der Waals surface area contributed by atoms with E-state index >= 15 is 0 Å². The van der Waals surface area contributed by atoms with E-state index in [9.17, 15) is 14.9 Å². The number of rotatable bonds is 5. The molecule has 0 aliphatic carbocycles. The zero-order valence-electron chi connectivity index (χ0n) is 8.50. The Kier molecular flexibility index (Phi) is 3.96. The minimum absolute atomic E-state index is 0.0247. The molecule has 0 saturated carbocycles. The van der Waals surface area contributed by atoms with E-state index in [-0.39, 0.29) is 18.5 Å². The molecule has 0 saturated heterocycles. The Morgan fingerprint density at radius 3 is 2.69 bits per heavy atom. The summed E-state index contributed by atoms with van der Waals surface area (Å²) in [5.41, 5.74) is 6.01. The van der Waals surface area contributed by atoms with Crippen molar-refractivity contribution < 1.29 is 14.8 Å². The Morgan fingerprint density at radius 2 is 2.12 bits per heavy atom. The molecular weight excluding hydrogens is 212 g/mol. The van der Waals surface area contributed by atoms with Crippen LogP contribution in [0, 0.1) is 10.1 Å². The van der Waals surface area contributed by atoms with Gasteiger partial charge in [-0.1, -0.05) is 18.2 Å². The first-order valence-corrected chi connectivity index (χ1v) is 4.70. The summed E-state index contributed by atoms with van der Waals surface area (Å²) in [6, 6.07) is 5.57. The van der Waals surface area contributed by atoms with Crippen molar-refractivity contribution in [2.45, 2.75) is 18.9 Å². The number of nitrogens with zero attached hydrogens (tertiary/aromatic N) is 1. The molecule has 16 heavy (non-hydrogen) atoms. The number of carboxylic acid groups (broad SMARTS) is 1. The second-order valence-corrected chi connectivity index (χ2v) is 3.45. The van der Waals surface area contributed by atoms with Crippen LogP contribution in [0.2, 0.25) is 0 Å². The van der Waals surface area contributed by atoms with Gasteiger partial charge >= 0.3 is 5.97 Å². The minimum atomic E-state index is -1.01. The topological polar surface area (TPSA) is 106 Å². The molecule has 1 aromatic carbocycles. The molecule has 0 spiro atoms. The first kappa shape index (κ1) is 12.1. The summed E-state index contributed by atoms with van der Waals surface area (Å²) >= 11 is 0. The summed E-state index contributed by atoms with van der Waals surface area (Å²) in [6.07, 6.45) is -0.0184. The second-order valence-electron chi connectivity index (χ2n) is 3.45. The van der Waals surface area contributed by atoms with Crippen molar-refractivity contribution >= 4 is 11.7 Å². The maximum absolute atomic E-state index is 10.7. The zero-order chi connectivity index (χ0) is 12.1. The standard InChI is InChI=1S/C10H12N2O4/c11-8(6-10(13)14)5-7-3-1-2-4-9(7)12(15)16/h1-4,8H,5-6,11H2,(H,13,14). The normalized spacial score (nSPS) is 12.1. The molecule has 6 heteroatoms. The number of nitrogens with two attached hydrogens (primary N) is 1. The minimum Gasteiger partial charge on any atom is -0.481 e. The first-order chi connectivity index (χ1) is 7.50. The molecule has 6 nitrogen and oxygen atoms in total. The van der Waals surface area contributed by atoms with Gasteiger partial charge in [-0.25, -0.2) is 0 Å². The molecule has 0 bridgehead atoms. The number of nitro benzene ring substituents is 1.